The zero-order chi connectivity index (χ0) is 18.6. The second-order valence-corrected chi connectivity index (χ2v) is 7.59. The number of aromatic nitrogens is 1. The Morgan fingerprint density at radius 2 is 1.78 bits per heavy atom. The third-order valence-corrected chi connectivity index (χ3v) is 5.81. The monoisotopic (exact) mass is 364 g/mol. The maximum atomic E-state index is 13.3. The average molecular weight is 364 g/mol. The van der Waals surface area contributed by atoms with Crippen LogP contribution in [0.15, 0.2) is 42.6 Å². The maximum Gasteiger partial charge on any atom is 0.236 e. The SMILES string of the molecule is Cc1ncccc1N(C(=O)[C@H]1CCNC1)c1ccc(C2CCNCC2)cc1. The molecule has 0 unspecified atom stereocenters. The van der Waals surface area contributed by atoms with E-state index in [1.807, 2.05) is 24.0 Å². The minimum Gasteiger partial charge on any atom is -0.317 e. The lowest BCUT2D eigenvalue weighted by atomic mass is 9.90. The molecule has 2 fully saturated rings. The average Bonchev–Trinajstić information content (AvgIpc) is 3.26. The highest BCUT2D eigenvalue weighted by atomic mass is 16.2. The fraction of sp³-hybridized carbons (Fsp3) is 0.455. The Bertz CT molecular complexity index is 777. The van der Waals surface area contributed by atoms with E-state index in [2.05, 4.69) is 39.9 Å². The molecule has 0 bridgehead atoms. The summed E-state index contributed by atoms with van der Waals surface area (Å²) in [6.45, 7) is 5.79. The van der Waals surface area contributed by atoms with Crippen LogP contribution in [0.4, 0.5) is 11.4 Å². The molecule has 1 atom stereocenters. The topological polar surface area (TPSA) is 57.3 Å². The van der Waals surface area contributed by atoms with Gasteiger partial charge in [-0.15, -0.1) is 0 Å². The van der Waals surface area contributed by atoms with Crippen molar-refractivity contribution in [3.05, 3.63) is 53.9 Å². The van der Waals surface area contributed by atoms with E-state index in [0.717, 1.165) is 49.7 Å². The highest BCUT2D eigenvalue weighted by Gasteiger charge is 2.30. The molecule has 27 heavy (non-hydrogen) atoms. The van der Waals surface area contributed by atoms with E-state index in [-0.39, 0.29) is 11.8 Å². The van der Waals surface area contributed by atoms with Gasteiger partial charge < -0.3 is 10.6 Å². The van der Waals surface area contributed by atoms with Crippen LogP contribution in [0.2, 0.25) is 0 Å². The fourth-order valence-electron chi connectivity index (χ4n) is 4.20. The van der Waals surface area contributed by atoms with Crippen molar-refractivity contribution in [2.45, 2.75) is 32.1 Å². The van der Waals surface area contributed by atoms with Gasteiger partial charge >= 0.3 is 0 Å². The van der Waals surface area contributed by atoms with E-state index >= 15 is 0 Å². The number of anilines is 2. The minimum absolute atomic E-state index is 0.0219. The van der Waals surface area contributed by atoms with Crippen molar-refractivity contribution in [3.63, 3.8) is 0 Å². The normalized spacial score (nSPS) is 20.6. The molecular weight excluding hydrogens is 336 g/mol. The second-order valence-electron chi connectivity index (χ2n) is 7.59. The molecule has 142 valence electrons. The Kier molecular flexibility index (Phi) is 5.50. The van der Waals surface area contributed by atoms with Crippen LogP contribution >= 0.6 is 0 Å². The van der Waals surface area contributed by atoms with E-state index in [4.69, 9.17) is 0 Å². The number of nitrogens with one attached hydrogen (secondary N) is 2. The molecule has 1 amide bonds. The van der Waals surface area contributed by atoms with Gasteiger partial charge in [0.05, 0.1) is 17.3 Å². The summed E-state index contributed by atoms with van der Waals surface area (Å²) in [5.74, 6) is 0.794. The summed E-state index contributed by atoms with van der Waals surface area (Å²) in [6.07, 6.45) is 5.02. The Labute approximate surface area is 161 Å². The number of piperidine rings is 1. The molecular formula is C22H28N4O. The number of carbonyl (C=O) groups excluding carboxylic acids is 1. The summed E-state index contributed by atoms with van der Waals surface area (Å²) < 4.78 is 0. The zero-order valence-corrected chi connectivity index (χ0v) is 15.9. The number of benzene rings is 1. The van der Waals surface area contributed by atoms with E-state index in [0.29, 0.717) is 5.92 Å². The number of aryl methyl sites for hydroxylation is 1. The third kappa shape index (κ3) is 3.89. The molecule has 0 radical (unpaired) electrons. The number of hydrogen-bond acceptors (Lipinski definition) is 4. The molecule has 0 aliphatic carbocycles. The first-order valence-electron chi connectivity index (χ1n) is 10.0. The summed E-state index contributed by atoms with van der Waals surface area (Å²) in [5.41, 5.74) is 4.06. The molecule has 2 aliphatic heterocycles. The number of rotatable bonds is 4. The van der Waals surface area contributed by atoms with Crippen molar-refractivity contribution >= 4 is 17.3 Å². The van der Waals surface area contributed by atoms with Crippen molar-refractivity contribution in [1.29, 1.82) is 0 Å². The number of amides is 1. The quantitative estimate of drug-likeness (QED) is 0.875. The first kappa shape index (κ1) is 18.1. The van der Waals surface area contributed by atoms with Crippen molar-refractivity contribution in [2.75, 3.05) is 31.1 Å². The zero-order valence-electron chi connectivity index (χ0n) is 15.9. The summed E-state index contributed by atoms with van der Waals surface area (Å²) in [4.78, 5) is 19.6. The lowest BCUT2D eigenvalue weighted by Gasteiger charge is -2.28. The third-order valence-electron chi connectivity index (χ3n) is 5.81. The molecule has 3 heterocycles. The van der Waals surface area contributed by atoms with Crippen LogP contribution in [0.3, 0.4) is 0 Å². The molecule has 4 rings (SSSR count). The first-order chi connectivity index (χ1) is 13.2. The van der Waals surface area contributed by atoms with Gasteiger partial charge in [-0.2, -0.15) is 0 Å². The molecule has 2 saturated heterocycles. The van der Waals surface area contributed by atoms with Crippen LogP contribution < -0.4 is 15.5 Å². The highest BCUT2D eigenvalue weighted by Crippen LogP contribution is 2.33. The van der Waals surface area contributed by atoms with Gasteiger partial charge in [-0.1, -0.05) is 12.1 Å². The predicted octanol–water partition coefficient (Wildman–Crippen LogP) is 3.13. The van der Waals surface area contributed by atoms with Gasteiger partial charge in [0, 0.05) is 18.4 Å². The molecule has 0 saturated carbocycles. The van der Waals surface area contributed by atoms with Crippen LogP contribution in [-0.4, -0.2) is 37.1 Å². The van der Waals surface area contributed by atoms with Crippen molar-refractivity contribution < 1.29 is 4.79 Å². The predicted molar refractivity (Wildman–Crippen MR) is 108 cm³/mol. The number of pyridine rings is 1. The summed E-state index contributed by atoms with van der Waals surface area (Å²) in [7, 11) is 0. The number of carbonyl (C=O) groups is 1. The molecule has 5 heteroatoms. The lowest BCUT2D eigenvalue weighted by molar-refractivity contribution is -0.121. The molecule has 1 aromatic heterocycles. The van der Waals surface area contributed by atoms with Gasteiger partial charge in [0.2, 0.25) is 5.91 Å². The van der Waals surface area contributed by atoms with E-state index in [1.165, 1.54) is 18.4 Å². The van der Waals surface area contributed by atoms with Crippen LogP contribution in [0.25, 0.3) is 0 Å². The van der Waals surface area contributed by atoms with Gasteiger partial charge in [0.15, 0.2) is 0 Å². The van der Waals surface area contributed by atoms with E-state index in [1.54, 1.807) is 6.20 Å². The van der Waals surface area contributed by atoms with Crippen LogP contribution in [0.1, 0.15) is 36.4 Å². The summed E-state index contributed by atoms with van der Waals surface area (Å²) in [6, 6.07) is 12.5. The second kappa shape index (κ2) is 8.19. The van der Waals surface area contributed by atoms with Crippen molar-refractivity contribution in [3.8, 4) is 0 Å². The number of hydrogen-bond donors (Lipinski definition) is 2. The van der Waals surface area contributed by atoms with Gasteiger partial charge in [0.1, 0.15) is 0 Å². The Hall–Kier alpha value is -2.24. The number of nitrogens with zero attached hydrogens (tertiary/aromatic N) is 2. The molecule has 2 aromatic rings. The van der Waals surface area contributed by atoms with Crippen molar-refractivity contribution in [1.82, 2.24) is 15.6 Å². The summed E-state index contributed by atoms with van der Waals surface area (Å²) in [5, 5.41) is 6.73. The Balaban J connectivity index is 1.65. The first-order valence-corrected chi connectivity index (χ1v) is 10.0. The molecule has 2 N–H and O–H groups in total. The molecule has 5 nitrogen and oxygen atoms in total. The fourth-order valence-corrected chi connectivity index (χ4v) is 4.20. The van der Waals surface area contributed by atoms with Crippen LogP contribution in [0, 0.1) is 12.8 Å². The smallest absolute Gasteiger partial charge is 0.236 e. The lowest BCUT2D eigenvalue weighted by Crippen LogP contribution is -2.34. The standard InChI is InChI=1S/C22H28N4O/c1-16-21(3-2-11-25-16)26(22(27)19-10-14-24-15-19)20-6-4-17(5-7-20)18-8-12-23-13-9-18/h2-7,11,18-19,23-24H,8-10,12-15H2,1H3/t19-/m0/s1. The summed E-state index contributed by atoms with van der Waals surface area (Å²) >= 11 is 0. The van der Waals surface area contributed by atoms with Crippen LogP contribution in [-0.2, 0) is 4.79 Å². The largest absolute Gasteiger partial charge is 0.317 e. The van der Waals surface area contributed by atoms with Crippen LogP contribution in [0.5, 0.6) is 0 Å². The molecule has 0 spiro atoms. The van der Waals surface area contributed by atoms with E-state index in [9.17, 15) is 4.79 Å². The Morgan fingerprint density at radius 3 is 2.44 bits per heavy atom. The van der Waals surface area contributed by atoms with Gasteiger partial charge in [-0.3, -0.25) is 14.7 Å². The van der Waals surface area contributed by atoms with Crippen molar-refractivity contribution in [2.24, 2.45) is 5.92 Å². The minimum atomic E-state index is 0.0219. The van der Waals surface area contributed by atoms with Gasteiger partial charge in [-0.05, 0) is 81.6 Å². The highest BCUT2D eigenvalue weighted by molar-refractivity contribution is 6.02. The van der Waals surface area contributed by atoms with Gasteiger partial charge in [0.25, 0.3) is 0 Å². The van der Waals surface area contributed by atoms with E-state index < -0.39 is 0 Å². The molecule has 2 aliphatic rings. The molecule has 1 aromatic carbocycles. The maximum absolute atomic E-state index is 13.3. The van der Waals surface area contributed by atoms with Gasteiger partial charge in [-0.25, -0.2) is 0 Å². The Morgan fingerprint density at radius 1 is 1.04 bits per heavy atom.